The summed E-state index contributed by atoms with van der Waals surface area (Å²) in [6.45, 7) is 3.93. The van der Waals surface area contributed by atoms with Gasteiger partial charge in [-0.15, -0.1) is 0 Å². The van der Waals surface area contributed by atoms with Crippen LogP contribution in [0.3, 0.4) is 0 Å². The summed E-state index contributed by atoms with van der Waals surface area (Å²) in [6.07, 6.45) is 1.94. The fraction of sp³-hybridized carbons (Fsp3) is 0.211. The molecule has 0 atom stereocenters. The number of para-hydroxylation sites is 2. The monoisotopic (exact) mass is 291 g/mol. The molecule has 0 unspecified atom stereocenters. The molecule has 3 nitrogen and oxygen atoms in total. The smallest absolute Gasteiger partial charge is 0.0722 e. The molecule has 0 radical (unpaired) electrons. The molecule has 0 aliphatic carbocycles. The van der Waals surface area contributed by atoms with Gasteiger partial charge < -0.3 is 10.2 Å². The maximum atomic E-state index is 4.48. The number of hydrogen-bond acceptors (Lipinski definition) is 3. The minimum Gasteiger partial charge on any atom is -0.382 e. The first kappa shape index (κ1) is 14.4. The maximum absolute atomic E-state index is 4.48. The third-order valence-electron chi connectivity index (χ3n) is 3.91. The van der Waals surface area contributed by atoms with Crippen LogP contribution in [0, 0.1) is 6.92 Å². The van der Waals surface area contributed by atoms with Crippen molar-refractivity contribution in [3.8, 4) is 0 Å². The molecule has 3 aromatic rings. The molecule has 0 saturated heterocycles. The molecule has 3 heteroatoms. The van der Waals surface area contributed by atoms with Gasteiger partial charge in [0.25, 0.3) is 0 Å². The Morgan fingerprint density at radius 3 is 2.55 bits per heavy atom. The lowest BCUT2D eigenvalue weighted by molar-refractivity contribution is 0.914. The summed E-state index contributed by atoms with van der Waals surface area (Å²) in [5, 5.41) is 4.76. The van der Waals surface area contributed by atoms with Crippen molar-refractivity contribution in [1.29, 1.82) is 0 Å². The van der Waals surface area contributed by atoms with E-state index < -0.39 is 0 Å². The van der Waals surface area contributed by atoms with E-state index in [4.69, 9.17) is 0 Å². The second-order valence-corrected chi connectivity index (χ2v) is 5.52. The number of fused-ring (bicyclic) bond motifs is 1. The summed E-state index contributed by atoms with van der Waals surface area (Å²) in [6, 6.07) is 18.7. The van der Waals surface area contributed by atoms with Gasteiger partial charge in [-0.2, -0.15) is 0 Å². The van der Waals surface area contributed by atoms with E-state index >= 15 is 0 Å². The quantitative estimate of drug-likeness (QED) is 0.767. The van der Waals surface area contributed by atoms with Crippen molar-refractivity contribution in [2.75, 3.05) is 30.4 Å². The highest BCUT2D eigenvalue weighted by Gasteiger charge is 2.05. The number of nitrogens with zero attached hydrogens (tertiary/aromatic N) is 2. The molecule has 22 heavy (non-hydrogen) atoms. The number of nitrogens with one attached hydrogen (secondary N) is 1. The Balaban J connectivity index is 1.71. The molecule has 0 aliphatic rings. The van der Waals surface area contributed by atoms with E-state index in [2.05, 4.69) is 71.6 Å². The van der Waals surface area contributed by atoms with Crippen LogP contribution in [-0.2, 0) is 0 Å². The Morgan fingerprint density at radius 1 is 1.00 bits per heavy atom. The van der Waals surface area contributed by atoms with Gasteiger partial charge in [0.15, 0.2) is 0 Å². The zero-order valence-electron chi connectivity index (χ0n) is 13.1. The van der Waals surface area contributed by atoms with Crippen LogP contribution in [-0.4, -0.2) is 25.1 Å². The molecule has 1 aromatic heterocycles. The summed E-state index contributed by atoms with van der Waals surface area (Å²) >= 11 is 0. The molecule has 3 rings (SSSR count). The normalized spacial score (nSPS) is 10.6. The van der Waals surface area contributed by atoms with Crippen molar-refractivity contribution in [2.24, 2.45) is 0 Å². The summed E-state index contributed by atoms with van der Waals surface area (Å²) < 4.78 is 0. The van der Waals surface area contributed by atoms with Crippen LogP contribution < -0.4 is 10.2 Å². The second kappa shape index (κ2) is 6.48. The Labute approximate surface area is 131 Å². The van der Waals surface area contributed by atoms with Gasteiger partial charge in [0, 0.05) is 43.1 Å². The number of rotatable bonds is 5. The van der Waals surface area contributed by atoms with Gasteiger partial charge in [0.05, 0.1) is 5.52 Å². The van der Waals surface area contributed by atoms with Crippen LogP contribution >= 0.6 is 0 Å². The zero-order chi connectivity index (χ0) is 15.4. The van der Waals surface area contributed by atoms with E-state index in [1.165, 1.54) is 22.3 Å². The Morgan fingerprint density at radius 2 is 1.73 bits per heavy atom. The second-order valence-electron chi connectivity index (χ2n) is 5.52. The maximum Gasteiger partial charge on any atom is 0.0722 e. The number of benzene rings is 2. The van der Waals surface area contributed by atoms with Crippen molar-refractivity contribution in [1.82, 2.24) is 4.98 Å². The van der Waals surface area contributed by atoms with Crippen LogP contribution in [0.4, 0.5) is 11.4 Å². The van der Waals surface area contributed by atoms with Gasteiger partial charge in [-0.3, -0.25) is 4.98 Å². The van der Waals surface area contributed by atoms with E-state index in [1.54, 1.807) is 0 Å². The Hall–Kier alpha value is -2.55. The molecule has 0 saturated carbocycles. The number of aryl methyl sites for hydroxylation is 1. The van der Waals surface area contributed by atoms with Gasteiger partial charge in [-0.05, 0) is 30.7 Å². The first-order valence-electron chi connectivity index (χ1n) is 7.60. The Kier molecular flexibility index (Phi) is 4.24. The lowest BCUT2D eigenvalue weighted by Crippen LogP contribution is -2.24. The molecule has 0 amide bonds. The minimum absolute atomic E-state index is 0.889. The highest BCUT2D eigenvalue weighted by molar-refractivity contribution is 5.92. The third-order valence-corrected chi connectivity index (χ3v) is 3.91. The SMILES string of the molecule is Cc1cnc2ccccc2c1NCCN(C)c1ccccc1. The fourth-order valence-electron chi connectivity index (χ4n) is 2.64. The van der Waals surface area contributed by atoms with E-state index in [-0.39, 0.29) is 0 Å². The predicted molar refractivity (Wildman–Crippen MR) is 94.7 cm³/mol. The molecule has 1 heterocycles. The van der Waals surface area contributed by atoms with Crippen molar-refractivity contribution in [3.63, 3.8) is 0 Å². The first-order valence-corrected chi connectivity index (χ1v) is 7.60. The van der Waals surface area contributed by atoms with E-state index in [1.807, 2.05) is 18.3 Å². The zero-order valence-corrected chi connectivity index (χ0v) is 13.1. The molecule has 1 N–H and O–H groups in total. The molecule has 112 valence electrons. The molecule has 2 aromatic carbocycles. The van der Waals surface area contributed by atoms with E-state index in [0.717, 1.165) is 18.6 Å². The van der Waals surface area contributed by atoms with Gasteiger partial charge >= 0.3 is 0 Å². The lowest BCUT2D eigenvalue weighted by atomic mass is 10.1. The van der Waals surface area contributed by atoms with Gasteiger partial charge in [-0.1, -0.05) is 36.4 Å². The lowest BCUT2D eigenvalue weighted by Gasteiger charge is -2.20. The molecule has 0 fully saturated rings. The number of anilines is 2. The van der Waals surface area contributed by atoms with Crippen LogP contribution in [0.5, 0.6) is 0 Å². The van der Waals surface area contributed by atoms with Crippen LogP contribution in [0.15, 0.2) is 60.8 Å². The summed E-state index contributed by atoms with van der Waals surface area (Å²) in [5.41, 5.74) is 4.64. The van der Waals surface area contributed by atoms with Crippen molar-refractivity contribution < 1.29 is 0 Å². The van der Waals surface area contributed by atoms with Crippen LogP contribution in [0.25, 0.3) is 10.9 Å². The van der Waals surface area contributed by atoms with Crippen molar-refractivity contribution in [3.05, 3.63) is 66.4 Å². The number of pyridine rings is 1. The topological polar surface area (TPSA) is 28.2 Å². The van der Waals surface area contributed by atoms with E-state index in [9.17, 15) is 0 Å². The van der Waals surface area contributed by atoms with Gasteiger partial charge in [0.1, 0.15) is 0 Å². The highest BCUT2D eigenvalue weighted by atomic mass is 15.1. The third kappa shape index (κ3) is 3.03. The number of likely N-dealkylation sites (N-methyl/N-ethyl adjacent to an activating group) is 1. The molecule has 0 aliphatic heterocycles. The number of hydrogen-bond donors (Lipinski definition) is 1. The summed E-state index contributed by atoms with van der Waals surface area (Å²) in [4.78, 5) is 6.74. The van der Waals surface area contributed by atoms with E-state index in [0.29, 0.717) is 0 Å². The number of aromatic nitrogens is 1. The van der Waals surface area contributed by atoms with Crippen LogP contribution in [0.1, 0.15) is 5.56 Å². The minimum atomic E-state index is 0.889. The predicted octanol–water partition coefficient (Wildman–Crippen LogP) is 4.09. The van der Waals surface area contributed by atoms with Gasteiger partial charge in [-0.25, -0.2) is 0 Å². The average Bonchev–Trinajstić information content (AvgIpc) is 2.57. The largest absolute Gasteiger partial charge is 0.382 e. The summed E-state index contributed by atoms with van der Waals surface area (Å²) in [7, 11) is 2.12. The molecular formula is C19H21N3. The van der Waals surface area contributed by atoms with Crippen LogP contribution in [0.2, 0.25) is 0 Å². The van der Waals surface area contributed by atoms with Crippen molar-refractivity contribution in [2.45, 2.75) is 6.92 Å². The standard InChI is InChI=1S/C19H21N3/c1-15-14-21-18-11-7-6-10-17(18)19(15)20-12-13-22(2)16-8-4-3-5-9-16/h3-11,14H,12-13H2,1-2H3,(H,20,21). The molecule has 0 bridgehead atoms. The highest BCUT2D eigenvalue weighted by Crippen LogP contribution is 2.24. The van der Waals surface area contributed by atoms with Crippen molar-refractivity contribution >= 4 is 22.3 Å². The molecule has 0 spiro atoms. The van der Waals surface area contributed by atoms with Gasteiger partial charge in [0.2, 0.25) is 0 Å². The fourth-order valence-corrected chi connectivity index (χ4v) is 2.64. The molecular weight excluding hydrogens is 270 g/mol. The summed E-state index contributed by atoms with van der Waals surface area (Å²) in [5.74, 6) is 0. The average molecular weight is 291 g/mol. The first-order chi connectivity index (χ1) is 10.8. The Bertz CT molecular complexity index is 753.